The zero-order valence-corrected chi connectivity index (χ0v) is 18.9. The maximum absolute atomic E-state index is 12.8. The largest absolute Gasteiger partial charge is 0.454 e. The summed E-state index contributed by atoms with van der Waals surface area (Å²) in [7, 11) is 0. The van der Waals surface area contributed by atoms with Crippen LogP contribution in [0.1, 0.15) is 50.5 Å². The molecule has 5 rings (SSSR count). The second kappa shape index (κ2) is 9.59. The predicted octanol–water partition coefficient (Wildman–Crippen LogP) is 2.00. The Morgan fingerprint density at radius 2 is 1.94 bits per heavy atom. The van der Waals surface area contributed by atoms with Crippen molar-refractivity contribution in [2.24, 2.45) is 5.92 Å². The second-order valence-electron chi connectivity index (χ2n) is 9.46. The van der Waals surface area contributed by atoms with Gasteiger partial charge in [0.15, 0.2) is 11.5 Å². The first-order chi connectivity index (χ1) is 16.1. The number of nitrogens with zero attached hydrogens (tertiary/aromatic N) is 2. The minimum atomic E-state index is -0.666. The number of ether oxygens (including phenoxy) is 2. The van der Waals surface area contributed by atoms with Crippen molar-refractivity contribution in [3.63, 3.8) is 0 Å². The maximum atomic E-state index is 12.8. The van der Waals surface area contributed by atoms with Crippen LogP contribution in [-0.4, -0.2) is 66.2 Å². The molecule has 0 radical (unpaired) electrons. The van der Waals surface area contributed by atoms with Gasteiger partial charge in [-0.3, -0.25) is 14.5 Å². The average Bonchev–Trinajstić information content (AvgIpc) is 3.40. The van der Waals surface area contributed by atoms with Crippen molar-refractivity contribution in [1.82, 2.24) is 20.4 Å². The summed E-state index contributed by atoms with van der Waals surface area (Å²) in [5.74, 6) is 1.43. The number of imide groups is 1. The van der Waals surface area contributed by atoms with Gasteiger partial charge in [0.1, 0.15) is 6.04 Å². The number of urea groups is 1. The van der Waals surface area contributed by atoms with Crippen molar-refractivity contribution in [2.45, 2.75) is 63.6 Å². The number of piperidine rings is 2. The Labute approximate surface area is 193 Å². The summed E-state index contributed by atoms with van der Waals surface area (Å²) in [5, 5.41) is 5.80. The standard InChI is InChI=1S/C24H32N4O5/c29-22(25-13-17-4-3-11-27-10-2-1-5-19(17)27)9-7-18-23(30)28(24(31)26-18)14-16-6-8-20-21(12-16)33-15-32-20/h6,8,12,17-19H,1-5,7,9-11,13-15H2,(H,25,29)(H,26,31)/t17-,18-,19?/m0/s1. The molecule has 3 saturated heterocycles. The molecule has 3 atom stereocenters. The highest BCUT2D eigenvalue weighted by Crippen LogP contribution is 2.33. The van der Waals surface area contributed by atoms with E-state index in [-0.39, 0.29) is 31.6 Å². The molecule has 0 aliphatic carbocycles. The monoisotopic (exact) mass is 456 g/mol. The van der Waals surface area contributed by atoms with E-state index in [0.29, 0.717) is 36.4 Å². The third-order valence-corrected chi connectivity index (χ3v) is 7.33. The molecule has 3 fully saturated rings. The third kappa shape index (κ3) is 4.78. The lowest BCUT2D eigenvalue weighted by atomic mass is 9.83. The van der Waals surface area contributed by atoms with Crippen molar-refractivity contribution in [1.29, 1.82) is 0 Å². The number of carbonyl (C=O) groups excluding carboxylic acids is 3. The van der Waals surface area contributed by atoms with E-state index >= 15 is 0 Å². The molecule has 1 aromatic rings. The normalized spacial score (nSPS) is 26.8. The Hall–Kier alpha value is -2.81. The predicted molar refractivity (Wildman–Crippen MR) is 120 cm³/mol. The van der Waals surface area contributed by atoms with Crippen LogP contribution in [0.5, 0.6) is 11.5 Å². The molecule has 4 heterocycles. The van der Waals surface area contributed by atoms with E-state index in [1.807, 2.05) is 6.07 Å². The number of amides is 4. The van der Waals surface area contributed by atoms with Crippen LogP contribution in [0.15, 0.2) is 18.2 Å². The minimum absolute atomic E-state index is 0.0563. The topological polar surface area (TPSA) is 100 Å². The molecule has 4 amide bonds. The molecule has 1 unspecified atom stereocenters. The fraction of sp³-hybridized carbons (Fsp3) is 0.625. The summed E-state index contributed by atoms with van der Waals surface area (Å²) < 4.78 is 10.7. The van der Waals surface area contributed by atoms with Crippen LogP contribution in [0.2, 0.25) is 0 Å². The van der Waals surface area contributed by atoms with Crippen molar-refractivity contribution in [3.8, 4) is 11.5 Å². The van der Waals surface area contributed by atoms with Crippen LogP contribution in [0.3, 0.4) is 0 Å². The fourth-order valence-corrected chi connectivity index (χ4v) is 5.57. The number of nitrogens with one attached hydrogen (secondary N) is 2. The van der Waals surface area contributed by atoms with Gasteiger partial charge in [0.25, 0.3) is 5.91 Å². The molecule has 4 aliphatic heterocycles. The molecule has 4 aliphatic rings. The summed E-state index contributed by atoms with van der Waals surface area (Å²) in [6, 6.07) is 4.86. The Morgan fingerprint density at radius 1 is 1.09 bits per heavy atom. The summed E-state index contributed by atoms with van der Waals surface area (Å²) >= 11 is 0. The lowest BCUT2D eigenvalue weighted by molar-refractivity contribution is -0.128. The summed E-state index contributed by atoms with van der Waals surface area (Å²) in [6.07, 6.45) is 6.65. The van der Waals surface area contributed by atoms with E-state index in [0.717, 1.165) is 12.0 Å². The van der Waals surface area contributed by atoms with Gasteiger partial charge in [-0.25, -0.2) is 4.79 Å². The van der Waals surface area contributed by atoms with Crippen LogP contribution in [0, 0.1) is 5.92 Å². The fourth-order valence-electron chi connectivity index (χ4n) is 5.57. The average molecular weight is 457 g/mol. The highest BCUT2D eigenvalue weighted by molar-refractivity contribution is 6.04. The third-order valence-electron chi connectivity index (χ3n) is 7.33. The Morgan fingerprint density at radius 3 is 2.85 bits per heavy atom. The SMILES string of the molecule is O=C(CC[C@@H]1NC(=O)N(Cc2ccc3c(c2)OCO3)C1=O)NC[C@@H]1CCCN2CCCCC12. The summed E-state index contributed by atoms with van der Waals surface area (Å²) in [4.78, 5) is 41.4. The summed E-state index contributed by atoms with van der Waals surface area (Å²) in [6.45, 7) is 3.39. The molecule has 9 nitrogen and oxygen atoms in total. The van der Waals surface area contributed by atoms with Crippen LogP contribution in [0.25, 0.3) is 0 Å². The molecule has 33 heavy (non-hydrogen) atoms. The van der Waals surface area contributed by atoms with Crippen molar-refractivity contribution >= 4 is 17.8 Å². The quantitative estimate of drug-likeness (QED) is 0.609. The van der Waals surface area contributed by atoms with E-state index in [2.05, 4.69) is 15.5 Å². The molecule has 0 spiro atoms. The van der Waals surface area contributed by atoms with Gasteiger partial charge in [0, 0.05) is 19.0 Å². The van der Waals surface area contributed by atoms with Gasteiger partial charge in [0.2, 0.25) is 12.7 Å². The molecule has 2 N–H and O–H groups in total. The molecular weight excluding hydrogens is 424 g/mol. The van der Waals surface area contributed by atoms with Crippen LogP contribution in [-0.2, 0) is 16.1 Å². The molecule has 0 aromatic heterocycles. The van der Waals surface area contributed by atoms with Crippen LogP contribution < -0.4 is 20.1 Å². The highest BCUT2D eigenvalue weighted by atomic mass is 16.7. The second-order valence-corrected chi connectivity index (χ2v) is 9.46. The van der Waals surface area contributed by atoms with Gasteiger partial charge in [0.05, 0.1) is 6.54 Å². The maximum Gasteiger partial charge on any atom is 0.325 e. The first-order valence-electron chi connectivity index (χ1n) is 12.1. The van der Waals surface area contributed by atoms with Gasteiger partial charge >= 0.3 is 6.03 Å². The van der Waals surface area contributed by atoms with E-state index in [9.17, 15) is 14.4 Å². The summed E-state index contributed by atoms with van der Waals surface area (Å²) in [5.41, 5.74) is 0.783. The van der Waals surface area contributed by atoms with Gasteiger partial charge in [-0.15, -0.1) is 0 Å². The Bertz CT molecular complexity index is 920. The van der Waals surface area contributed by atoms with Crippen molar-refractivity contribution in [2.75, 3.05) is 26.4 Å². The van der Waals surface area contributed by atoms with Crippen molar-refractivity contribution < 1.29 is 23.9 Å². The zero-order valence-electron chi connectivity index (χ0n) is 18.9. The lowest BCUT2D eigenvalue weighted by Gasteiger charge is -2.44. The first kappa shape index (κ1) is 22.0. The van der Waals surface area contributed by atoms with Crippen LogP contribution in [0.4, 0.5) is 4.79 Å². The number of benzene rings is 1. The van der Waals surface area contributed by atoms with E-state index < -0.39 is 12.1 Å². The van der Waals surface area contributed by atoms with E-state index in [1.54, 1.807) is 12.1 Å². The highest BCUT2D eigenvalue weighted by Gasteiger charge is 2.38. The van der Waals surface area contributed by atoms with E-state index in [4.69, 9.17) is 9.47 Å². The molecule has 1 aromatic carbocycles. The number of rotatable bonds is 7. The molecule has 0 bridgehead atoms. The number of fused-ring (bicyclic) bond motifs is 2. The van der Waals surface area contributed by atoms with Crippen molar-refractivity contribution in [3.05, 3.63) is 23.8 Å². The van der Waals surface area contributed by atoms with Crippen LogP contribution >= 0.6 is 0 Å². The Balaban J connectivity index is 1.09. The smallest absolute Gasteiger partial charge is 0.325 e. The van der Waals surface area contributed by atoms with Gasteiger partial charge in [-0.2, -0.15) is 0 Å². The zero-order chi connectivity index (χ0) is 22.8. The molecule has 0 saturated carbocycles. The van der Waals surface area contributed by atoms with Gasteiger partial charge in [-0.1, -0.05) is 12.5 Å². The lowest BCUT2D eigenvalue weighted by Crippen LogP contribution is -2.51. The Kier molecular flexibility index (Phi) is 6.39. The molecule has 178 valence electrons. The first-order valence-corrected chi connectivity index (χ1v) is 12.1. The van der Waals surface area contributed by atoms with Gasteiger partial charge < -0.3 is 25.0 Å². The number of carbonyl (C=O) groups is 3. The molecular formula is C24H32N4O5. The molecule has 9 heteroatoms. The minimum Gasteiger partial charge on any atom is -0.454 e. The number of hydrogen-bond acceptors (Lipinski definition) is 6. The van der Waals surface area contributed by atoms with Gasteiger partial charge in [-0.05, 0) is 68.8 Å². The number of hydrogen-bond donors (Lipinski definition) is 2. The van der Waals surface area contributed by atoms with E-state index in [1.165, 1.54) is 43.7 Å².